The highest BCUT2D eigenvalue weighted by Crippen LogP contribution is 2.24. The van der Waals surface area contributed by atoms with Crippen molar-refractivity contribution in [2.24, 2.45) is 4.40 Å². The van der Waals surface area contributed by atoms with Gasteiger partial charge in [-0.1, -0.05) is 31.5 Å². The van der Waals surface area contributed by atoms with E-state index >= 15 is 0 Å². The summed E-state index contributed by atoms with van der Waals surface area (Å²) in [7, 11) is -3.85. The molecule has 3 rings (SSSR count). The molecule has 5 nitrogen and oxygen atoms in total. The number of rotatable bonds is 5. The van der Waals surface area contributed by atoms with Crippen LogP contribution in [0.1, 0.15) is 46.2 Å². The van der Waals surface area contributed by atoms with Crippen LogP contribution in [-0.4, -0.2) is 17.4 Å². The number of fused-ring (bicyclic) bond motifs is 1. The molecule has 0 spiro atoms. The fourth-order valence-electron chi connectivity index (χ4n) is 2.97. The van der Waals surface area contributed by atoms with Crippen molar-refractivity contribution in [3.8, 4) is 0 Å². The number of aryl methyl sites for hydroxylation is 1. The molecule has 2 aromatic heterocycles. The van der Waals surface area contributed by atoms with Crippen LogP contribution < -0.4 is 4.67 Å². The Morgan fingerprint density at radius 2 is 1.93 bits per heavy atom. The molecule has 0 atom stereocenters. The van der Waals surface area contributed by atoms with Crippen LogP contribution in [0.4, 0.5) is 0 Å². The average molecular weight is 404 g/mol. The van der Waals surface area contributed by atoms with Crippen LogP contribution in [0, 0.1) is 0 Å². The van der Waals surface area contributed by atoms with Crippen molar-refractivity contribution in [3.63, 3.8) is 0 Å². The third kappa shape index (κ3) is 4.30. The molecule has 0 N–H and O–H groups in total. The molecule has 7 heteroatoms. The van der Waals surface area contributed by atoms with E-state index in [1.165, 1.54) is 11.5 Å². The van der Waals surface area contributed by atoms with Gasteiger partial charge in [-0.15, -0.1) is 4.40 Å². The van der Waals surface area contributed by atoms with Crippen molar-refractivity contribution in [1.82, 2.24) is 8.94 Å². The zero-order valence-corrected chi connectivity index (χ0v) is 17.8. The summed E-state index contributed by atoms with van der Waals surface area (Å²) in [6, 6.07) is 10.7. The number of aromatic nitrogens is 2. The summed E-state index contributed by atoms with van der Waals surface area (Å²) in [5.41, 5.74) is 1.46. The number of nitrogens with zero attached hydrogens (tertiary/aromatic N) is 3. The first-order chi connectivity index (χ1) is 12.7. The van der Waals surface area contributed by atoms with Crippen molar-refractivity contribution in [2.45, 2.75) is 57.4 Å². The first-order valence-corrected chi connectivity index (χ1v) is 11.3. The van der Waals surface area contributed by atoms with Crippen molar-refractivity contribution in [1.29, 1.82) is 0 Å². The molecule has 0 aliphatic heterocycles. The van der Waals surface area contributed by atoms with Gasteiger partial charge >= 0.3 is 0 Å². The maximum absolute atomic E-state index is 13.0. The van der Waals surface area contributed by atoms with Crippen LogP contribution in [0.3, 0.4) is 0 Å². The number of hydrogen-bond donors (Lipinski definition) is 0. The summed E-state index contributed by atoms with van der Waals surface area (Å²) >= 11 is 1.39. The predicted molar refractivity (Wildman–Crippen MR) is 110 cm³/mol. The number of hydrogen-bond acceptors (Lipinski definition) is 4. The van der Waals surface area contributed by atoms with Gasteiger partial charge in [-0.05, 0) is 63.3 Å². The lowest BCUT2D eigenvalue weighted by Gasteiger charge is -2.22. The minimum absolute atomic E-state index is 0.119. The van der Waals surface area contributed by atoms with Gasteiger partial charge in [-0.2, -0.15) is 8.42 Å². The summed E-state index contributed by atoms with van der Waals surface area (Å²) < 4.78 is 32.8. The van der Waals surface area contributed by atoms with Gasteiger partial charge in [0, 0.05) is 22.8 Å². The number of pyridine rings is 1. The summed E-state index contributed by atoms with van der Waals surface area (Å²) in [6.07, 6.45) is 4.66. The molecular weight excluding hydrogens is 378 g/mol. The summed E-state index contributed by atoms with van der Waals surface area (Å²) in [5, 5.41) is 0.786. The van der Waals surface area contributed by atoms with Gasteiger partial charge in [0.1, 0.15) is 9.57 Å². The largest absolute Gasteiger partial charge is 0.295 e. The molecule has 3 aromatic rings. The van der Waals surface area contributed by atoms with Crippen LogP contribution >= 0.6 is 11.5 Å². The Kier molecular flexibility index (Phi) is 5.53. The Morgan fingerprint density at radius 1 is 1.19 bits per heavy atom. The lowest BCUT2D eigenvalue weighted by Crippen LogP contribution is -2.21. The maximum Gasteiger partial charge on any atom is 0.285 e. The van der Waals surface area contributed by atoms with E-state index in [1.54, 1.807) is 24.4 Å². The quantitative estimate of drug-likeness (QED) is 0.631. The smallest absolute Gasteiger partial charge is 0.285 e. The Bertz CT molecular complexity index is 1110. The summed E-state index contributed by atoms with van der Waals surface area (Å²) in [4.78, 5) is 4.40. The standard InChI is InChI=1S/C20H25N3O2S2/c1-5-6-11-16-14-18(26-23(16)20(2,3)4)22-27(24,25)17-12-7-9-15-10-8-13-21-19(15)17/h7-10,12-14H,5-6,11H2,1-4H3/b22-18-. The van der Waals surface area contributed by atoms with E-state index in [0.717, 1.165) is 30.3 Å². The van der Waals surface area contributed by atoms with Crippen molar-refractivity contribution in [3.05, 3.63) is 53.0 Å². The van der Waals surface area contributed by atoms with Gasteiger partial charge < -0.3 is 0 Å². The van der Waals surface area contributed by atoms with E-state index in [0.29, 0.717) is 10.2 Å². The molecule has 27 heavy (non-hydrogen) atoms. The number of benzene rings is 1. The molecule has 1 aromatic carbocycles. The Balaban J connectivity index is 2.13. The monoisotopic (exact) mass is 403 g/mol. The second kappa shape index (κ2) is 7.56. The van der Waals surface area contributed by atoms with Gasteiger partial charge in [0.05, 0.1) is 5.52 Å². The minimum Gasteiger partial charge on any atom is -0.295 e. The van der Waals surface area contributed by atoms with Gasteiger partial charge in [0.25, 0.3) is 10.0 Å². The Labute approximate surface area is 164 Å². The van der Waals surface area contributed by atoms with Crippen molar-refractivity contribution < 1.29 is 8.42 Å². The van der Waals surface area contributed by atoms with Crippen LogP contribution in [0.5, 0.6) is 0 Å². The Hall–Kier alpha value is -1.99. The summed E-state index contributed by atoms with van der Waals surface area (Å²) in [6.45, 7) is 8.50. The highest BCUT2D eigenvalue weighted by molar-refractivity contribution is 7.90. The fourth-order valence-corrected chi connectivity index (χ4v) is 5.37. The molecule has 144 valence electrons. The molecule has 0 fully saturated rings. The van der Waals surface area contributed by atoms with Crippen molar-refractivity contribution >= 4 is 32.5 Å². The lowest BCUT2D eigenvalue weighted by atomic mass is 10.1. The van der Waals surface area contributed by atoms with E-state index in [-0.39, 0.29) is 10.4 Å². The molecule has 0 aliphatic carbocycles. The van der Waals surface area contributed by atoms with Crippen LogP contribution in [-0.2, 0) is 22.0 Å². The molecule has 2 heterocycles. The van der Waals surface area contributed by atoms with Gasteiger partial charge in [-0.3, -0.25) is 8.94 Å². The zero-order valence-electron chi connectivity index (χ0n) is 16.1. The van der Waals surface area contributed by atoms with E-state index < -0.39 is 10.0 Å². The molecule has 0 radical (unpaired) electrons. The fraction of sp³-hybridized carbons (Fsp3) is 0.400. The zero-order chi connectivity index (χ0) is 19.7. The van der Waals surface area contributed by atoms with Gasteiger partial charge in [0.15, 0.2) is 0 Å². The SMILES string of the molecule is CCCCc1c/c(=N/S(=O)(=O)c2cccc3cccnc23)sn1C(C)(C)C. The number of unbranched alkanes of at least 4 members (excludes halogenated alkanes) is 1. The molecule has 0 saturated heterocycles. The molecule has 0 saturated carbocycles. The lowest BCUT2D eigenvalue weighted by molar-refractivity contribution is 0.414. The third-order valence-electron chi connectivity index (χ3n) is 4.22. The second-order valence-electron chi connectivity index (χ2n) is 7.53. The van der Waals surface area contributed by atoms with E-state index in [2.05, 4.69) is 41.0 Å². The first-order valence-electron chi connectivity index (χ1n) is 9.10. The van der Waals surface area contributed by atoms with Crippen LogP contribution in [0.25, 0.3) is 10.9 Å². The number of para-hydroxylation sites is 1. The van der Waals surface area contributed by atoms with Crippen molar-refractivity contribution in [2.75, 3.05) is 0 Å². The highest BCUT2D eigenvalue weighted by Gasteiger charge is 2.20. The maximum atomic E-state index is 13.0. The topological polar surface area (TPSA) is 64.3 Å². The normalized spacial score (nSPS) is 13.4. The third-order valence-corrected chi connectivity index (χ3v) is 7.01. The van der Waals surface area contributed by atoms with Gasteiger partial charge in [-0.25, -0.2) is 0 Å². The van der Waals surface area contributed by atoms with Crippen LogP contribution in [0.15, 0.2) is 51.9 Å². The molecule has 0 unspecified atom stereocenters. The number of sulfonamides is 1. The van der Waals surface area contributed by atoms with E-state index in [4.69, 9.17) is 0 Å². The minimum atomic E-state index is -3.85. The second-order valence-corrected chi connectivity index (χ2v) is 10.1. The predicted octanol–water partition coefficient (Wildman–Crippen LogP) is 4.49. The van der Waals surface area contributed by atoms with Crippen LogP contribution in [0.2, 0.25) is 0 Å². The average Bonchev–Trinajstić information content (AvgIpc) is 3.01. The molecule has 0 bridgehead atoms. The highest BCUT2D eigenvalue weighted by atomic mass is 32.2. The molecule has 0 amide bonds. The van der Waals surface area contributed by atoms with E-state index in [1.807, 2.05) is 18.2 Å². The van der Waals surface area contributed by atoms with Gasteiger partial charge in [0.2, 0.25) is 0 Å². The summed E-state index contributed by atoms with van der Waals surface area (Å²) in [5.74, 6) is 0. The molecule has 0 aliphatic rings. The Morgan fingerprint density at radius 3 is 2.63 bits per heavy atom. The van der Waals surface area contributed by atoms with E-state index in [9.17, 15) is 8.42 Å². The molecular formula is C20H25N3O2S2. The first kappa shape index (κ1) is 19.8.